The molecule has 0 aromatic heterocycles. The highest BCUT2D eigenvalue weighted by molar-refractivity contribution is 5.09. The molecule has 13 heavy (non-hydrogen) atoms. The summed E-state index contributed by atoms with van der Waals surface area (Å²) < 4.78 is 0. The maximum atomic E-state index is 9.92. The van der Waals surface area contributed by atoms with E-state index in [2.05, 4.69) is 27.7 Å². The van der Waals surface area contributed by atoms with Crippen molar-refractivity contribution < 1.29 is 5.11 Å². The van der Waals surface area contributed by atoms with E-state index in [-0.39, 0.29) is 6.10 Å². The van der Waals surface area contributed by atoms with Gasteiger partial charge in [0, 0.05) is 0 Å². The smallest absolute Gasteiger partial charge is 0.0576 e. The molecule has 0 spiro atoms. The lowest BCUT2D eigenvalue weighted by Crippen LogP contribution is -2.51. The van der Waals surface area contributed by atoms with Crippen molar-refractivity contribution in [2.24, 2.45) is 22.7 Å². The Kier molecular flexibility index (Phi) is 1.83. The van der Waals surface area contributed by atoms with Crippen LogP contribution in [-0.4, -0.2) is 11.2 Å². The minimum absolute atomic E-state index is 0.0111. The van der Waals surface area contributed by atoms with Gasteiger partial charge in [0.15, 0.2) is 0 Å². The van der Waals surface area contributed by atoms with Gasteiger partial charge in [-0.25, -0.2) is 0 Å². The van der Waals surface area contributed by atoms with Crippen LogP contribution in [0, 0.1) is 22.7 Å². The molecule has 0 bridgehead atoms. The Bertz CT molecular complexity index is 216. The fraction of sp³-hybridized carbons (Fsp3) is 1.00. The van der Waals surface area contributed by atoms with Gasteiger partial charge in [-0.05, 0) is 41.9 Å². The van der Waals surface area contributed by atoms with E-state index >= 15 is 0 Å². The molecule has 2 saturated carbocycles. The first-order chi connectivity index (χ1) is 5.84. The van der Waals surface area contributed by atoms with Gasteiger partial charge in [0.05, 0.1) is 6.10 Å². The van der Waals surface area contributed by atoms with Crippen LogP contribution in [0.15, 0.2) is 0 Å². The molecule has 0 saturated heterocycles. The van der Waals surface area contributed by atoms with Gasteiger partial charge in [0.25, 0.3) is 0 Å². The Balaban J connectivity index is 2.15. The Labute approximate surface area is 81.5 Å². The quantitative estimate of drug-likeness (QED) is 0.611. The molecule has 2 rings (SSSR count). The monoisotopic (exact) mass is 182 g/mol. The molecular formula is C12H22O. The molecule has 0 aliphatic heterocycles. The topological polar surface area (TPSA) is 20.2 Å². The third-order valence-corrected chi connectivity index (χ3v) is 4.46. The van der Waals surface area contributed by atoms with Crippen molar-refractivity contribution in [1.82, 2.24) is 0 Å². The molecule has 76 valence electrons. The van der Waals surface area contributed by atoms with Crippen molar-refractivity contribution in [1.29, 1.82) is 0 Å². The molecule has 2 aliphatic rings. The summed E-state index contributed by atoms with van der Waals surface area (Å²) in [6.45, 7) is 9.28. The van der Waals surface area contributed by atoms with E-state index in [4.69, 9.17) is 0 Å². The molecule has 0 aromatic rings. The molecular weight excluding hydrogens is 160 g/mol. The summed E-state index contributed by atoms with van der Waals surface area (Å²) in [6.07, 6.45) is 3.60. The van der Waals surface area contributed by atoms with Crippen LogP contribution in [0.5, 0.6) is 0 Å². The maximum Gasteiger partial charge on any atom is 0.0576 e. The second-order valence-corrected chi connectivity index (χ2v) is 6.46. The first-order valence-electron chi connectivity index (χ1n) is 5.53. The van der Waals surface area contributed by atoms with E-state index in [0.29, 0.717) is 16.7 Å². The first kappa shape index (κ1) is 9.51. The van der Waals surface area contributed by atoms with E-state index in [0.717, 1.165) is 12.3 Å². The van der Waals surface area contributed by atoms with Gasteiger partial charge in [0.1, 0.15) is 0 Å². The lowest BCUT2D eigenvalue weighted by Gasteiger charge is -2.56. The van der Waals surface area contributed by atoms with Gasteiger partial charge in [-0.1, -0.05) is 27.7 Å². The zero-order chi connectivity index (χ0) is 9.85. The Hall–Kier alpha value is -0.0400. The lowest BCUT2D eigenvalue weighted by molar-refractivity contribution is -0.104. The summed E-state index contributed by atoms with van der Waals surface area (Å²) in [5, 5.41) is 9.92. The summed E-state index contributed by atoms with van der Waals surface area (Å²) in [6, 6.07) is 0. The number of rotatable bonds is 0. The van der Waals surface area contributed by atoms with Crippen molar-refractivity contribution in [3.05, 3.63) is 0 Å². The van der Waals surface area contributed by atoms with E-state index in [1.807, 2.05) is 0 Å². The van der Waals surface area contributed by atoms with Crippen LogP contribution in [0.25, 0.3) is 0 Å². The Morgan fingerprint density at radius 1 is 1.31 bits per heavy atom. The SMILES string of the molecule is CC(C)(C)C1CC2(C)CCC(O)C12. The standard InChI is InChI=1S/C12H22O/c1-11(2,3)8-7-12(4)6-5-9(13)10(8)12/h8-10,13H,5-7H2,1-4H3. The lowest BCUT2D eigenvalue weighted by atomic mass is 9.49. The summed E-state index contributed by atoms with van der Waals surface area (Å²) >= 11 is 0. The van der Waals surface area contributed by atoms with Gasteiger partial charge in [-0.3, -0.25) is 0 Å². The summed E-state index contributed by atoms with van der Waals surface area (Å²) in [4.78, 5) is 0. The van der Waals surface area contributed by atoms with Crippen LogP contribution in [0.3, 0.4) is 0 Å². The molecule has 2 aliphatic carbocycles. The largest absolute Gasteiger partial charge is 0.393 e. The van der Waals surface area contributed by atoms with Gasteiger partial charge >= 0.3 is 0 Å². The number of aliphatic hydroxyl groups excluding tert-OH is 1. The zero-order valence-electron chi connectivity index (χ0n) is 9.30. The van der Waals surface area contributed by atoms with Crippen LogP contribution in [0.2, 0.25) is 0 Å². The Morgan fingerprint density at radius 3 is 2.38 bits per heavy atom. The van der Waals surface area contributed by atoms with Crippen molar-refractivity contribution in [3.63, 3.8) is 0 Å². The summed E-state index contributed by atoms with van der Waals surface area (Å²) in [7, 11) is 0. The maximum absolute atomic E-state index is 9.92. The average Bonchev–Trinajstić information content (AvgIpc) is 2.10. The molecule has 4 atom stereocenters. The Morgan fingerprint density at radius 2 is 1.92 bits per heavy atom. The molecule has 0 aromatic carbocycles. The third-order valence-electron chi connectivity index (χ3n) is 4.46. The minimum atomic E-state index is -0.0111. The molecule has 4 unspecified atom stereocenters. The highest BCUT2D eigenvalue weighted by Gasteiger charge is 2.59. The molecule has 0 amide bonds. The van der Waals surface area contributed by atoms with Crippen LogP contribution < -0.4 is 0 Å². The number of fused-ring (bicyclic) bond motifs is 1. The average molecular weight is 182 g/mol. The van der Waals surface area contributed by atoms with Gasteiger partial charge in [-0.2, -0.15) is 0 Å². The van der Waals surface area contributed by atoms with Crippen molar-refractivity contribution >= 4 is 0 Å². The molecule has 0 heterocycles. The normalized spacial score (nSPS) is 50.1. The number of hydrogen-bond acceptors (Lipinski definition) is 1. The fourth-order valence-corrected chi connectivity index (χ4v) is 3.59. The molecule has 1 nitrogen and oxygen atoms in total. The predicted molar refractivity (Wildman–Crippen MR) is 54.4 cm³/mol. The molecule has 0 radical (unpaired) electrons. The van der Waals surface area contributed by atoms with E-state index < -0.39 is 0 Å². The van der Waals surface area contributed by atoms with E-state index in [1.54, 1.807) is 0 Å². The van der Waals surface area contributed by atoms with E-state index in [9.17, 15) is 5.11 Å². The third kappa shape index (κ3) is 1.24. The van der Waals surface area contributed by atoms with Gasteiger partial charge in [0.2, 0.25) is 0 Å². The van der Waals surface area contributed by atoms with Crippen LogP contribution >= 0.6 is 0 Å². The van der Waals surface area contributed by atoms with Crippen LogP contribution in [0.4, 0.5) is 0 Å². The minimum Gasteiger partial charge on any atom is -0.393 e. The van der Waals surface area contributed by atoms with Crippen LogP contribution in [0.1, 0.15) is 47.0 Å². The van der Waals surface area contributed by atoms with E-state index in [1.165, 1.54) is 12.8 Å². The second-order valence-electron chi connectivity index (χ2n) is 6.46. The summed E-state index contributed by atoms with van der Waals surface area (Å²) in [5.41, 5.74) is 0.868. The zero-order valence-corrected chi connectivity index (χ0v) is 9.30. The molecule has 2 fully saturated rings. The number of aliphatic hydroxyl groups is 1. The van der Waals surface area contributed by atoms with Gasteiger partial charge < -0.3 is 5.11 Å². The van der Waals surface area contributed by atoms with Crippen molar-refractivity contribution in [2.75, 3.05) is 0 Å². The second kappa shape index (κ2) is 2.50. The first-order valence-corrected chi connectivity index (χ1v) is 5.53. The van der Waals surface area contributed by atoms with Crippen LogP contribution in [-0.2, 0) is 0 Å². The van der Waals surface area contributed by atoms with Crippen molar-refractivity contribution in [2.45, 2.75) is 53.1 Å². The molecule has 1 N–H and O–H groups in total. The highest BCUT2D eigenvalue weighted by atomic mass is 16.3. The molecule has 1 heteroatoms. The summed E-state index contributed by atoms with van der Waals surface area (Å²) in [5.74, 6) is 1.34. The fourth-order valence-electron chi connectivity index (χ4n) is 3.59. The van der Waals surface area contributed by atoms with Gasteiger partial charge in [-0.15, -0.1) is 0 Å². The highest BCUT2D eigenvalue weighted by Crippen LogP contribution is 2.64. The number of hydrogen-bond donors (Lipinski definition) is 1. The van der Waals surface area contributed by atoms with Crippen molar-refractivity contribution in [3.8, 4) is 0 Å². The predicted octanol–water partition coefficient (Wildman–Crippen LogP) is 2.83.